The maximum absolute atomic E-state index is 12.7. The highest BCUT2D eigenvalue weighted by atomic mass is 16.6. The Hall–Kier alpha value is -2.89. The van der Waals surface area contributed by atoms with E-state index in [0.717, 1.165) is 77.0 Å². The summed E-state index contributed by atoms with van der Waals surface area (Å²) in [7, 11) is 0. The summed E-state index contributed by atoms with van der Waals surface area (Å²) in [6.45, 7) is 6.53. The van der Waals surface area contributed by atoms with Gasteiger partial charge in [0.25, 0.3) is 0 Å². The molecule has 0 aromatic rings. The zero-order chi connectivity index (χ0) is 43.0. The minimum absolute atomic E-state index is 0.0930. The fourth-order valence-electron chi connectivity index (χ4n) is 6.72. The molecule has 0 fully saturated rings. The molecule has 6 heteroatoms. The van der Waals surface area contributed by atoms with Crippen LogP contribution < -0.4 is 0 Å². The Morgan fingerprint density at radius 1 is 0.339 bits per heavy atom. The van der Waals surface area contributed by atoms with Crippen LogP contribution in [0.4, 0.5) is 0 Å². The predicted octanol–water partition coefficient (Wildman–Crippen LogP) is 16.1. The largest absolute Gasteiger partial charge is 0.462 e. The molecule has 0 saturated carbocycles. The molecule has 0 amide bonds. The molecule has 0 aliphatic heterocycles. The van der Waals surface area contributed by atoms with Gasteiger partial charge in [0.2, 0.25) is 0 Å². The van der Waals surface area contributed by atoms with Gasteiger partial charge in [-0.15, -0.1) is 0 Å². The third-order valence-corrected chi connectivity index (χ3v) is 10.5. The van der Waals surface area contributed by atoms with Crippen LogP contribution in [0, 0.1) is 0 Å². The summed E-state index contributed by atoms with van der Waals surface area (Å²) in [4.78, 5) is 37.8. The Labute approximate surface area is 364 Å². The quantitative estimate of drug-likeness (QED) is 0.0263. The summed E-state index contributed by atoms with van der Waals surface area (Å²) >= 11 is 0. The first kappa shape index (κ1) is 56.1. The van der Waals surface area contributed by atoms with Crippen molar-refractivity contribution in [1.29, 1.82) is 0 Å². The first-order chi connectivity index (χ1) is 29.0. The maximum atomic E-state index is 12.7. The molecule has 0 bridgehead atoms. The van der Waals surface area contributed by atoms with Crippen molar-refractivity contribution in [3.63, 3.8) is 0 Å². The van der Waals surface area contributed by atoms with Gasteiger partial charge in [0.1, 0.15) is 13.2 Å². The number of esters is 3. The van der Waals surface area contributed by atoms with Crippen molar-refractivity contribution in [3.05, 3.63) is 60.8 Å². The van der Waals surface area contributed by atoms with Gasteiger partial charge in [-0.2, -0.15) is 0 Å². The maximum Gasteiger partial charge on any atom is 0.306 e. The molecule has 6 nitrogen and oxygen atoms in total. The van der Waals surface area contributed by atoms with Gasteiger partial charge < -0.3 is 14.2 Å². The number of hydrogen-bond donors (Lipinski definition) is 0. The van der Waals surface area contributed by atoms with E-state index >= 15 is 0 Å². The number of hydrogen-bond acceptors (Lipinski definition) is 6. The lowest BCUT2D eigenvalue weighted by Gasteiger charge is -2.18. The molecule has 0 aromatic heterocycles. The zero-order valence-corrected chi connectivity index (χ0v) is 38.8. The van der Waals surface area contributed by atoms with E-state index in [2.05, 4.69) is 81.5 Å². The van der Waals surface area contributed by atoms with Gasteiger partial charge in [0, 0.05) is 19.3 Å². The Kier molecular flexibility index (Phi) is 45.4. The molecule has 0 saturated heterocycles. The molecule has 0 heterocycles. The molecule has 0 unspecified atom stereocenters. The average molecular weight is 825 g/mol. The number of carbonyl (C=O) groups excluding carboxylic acids is 3. The van der Waals surface area contributed by atoms with E-state index in [1.165, 1.54) is 116 Å². The van der Waals surface area contributed by atoms with E-state index in [0.29, 0.717) is 19.3 Å². The lowest BCUT2D eigenvalue weighted by Crippen LogP contribution is -2.30. The van der Waals surface area contributed by atoms with Crippen molar-refractivity contribution in [2.75, 3.05) is 13.2 Å². The van der Waals surface area contributed by atoms with Crippen molar-refractivity contribution in [3.8, 4) is 0 Å². The number of unbranched alkanes of at least 4 members (excludes halogenated alkanes) is 23. The van der Waals surface area contributed by atoms with E-state index in [1.807, 2.05) is 0 Å². The number of rotatable bonds is 44. The fraction of sp³-hybridized carbons (Fsp3) is 0.755. The van der Waals surface area contributed by atoms with Crippen LogP contribution in [0.25, 0.3) is 0 Å². The Morgan fingerprint density at radius 2 is 0.627 bits per heavy atom. The Balaban J connectivity index is 4.46. The first-order valence-corrected chi connectivity index (χ1v) is 24.8. The Morgan fingerprint density at radius 3 is 1.08 bits per heavy atom. The van der Waals surface area contributed by atoms with E-state index < -0.39 is 6.10 Å². The molecule has 0 spiro atoms. The highest BCUT2D eigenvalue weighted by Crippen LogP contribution is 2.14. The molecule has 0 aromatic carbocycles. The molecule has 0 rings (SSSR count). The molecule has 0 N–H and O–H groups in total. The minimum atomic E-state index is -0.796. The van der Waals surface area contributed by atoms with Crippen LogP contribution in [0.3, 0.4) is 0 Å². The van der Waals surface area contributed by atoms with Crippen LogP contribution in [0.15, 0.2) is 60.8 Å². The number of carbonyl (C=O) groups is 3. The van der Waals surface area contributed by atoms with Crippen molar-refractivity contribution >= 4 is 17.9 Å². The molecule has 1 atom stereocenters. The minimum Gasteiger partial charge on any atom is -0.462 e. The summed E-state index contributed by atoms with van der Waals surface area (Å²) in [6.07, 6.45) is 57.7. The molecule has 59 heavy (non-hydrogen) atoms. The van der Waals surface area contributed by atoms with Crippen molar-refractivity contribution in [2.45, 2.75) is 245 Å². The summed E-state index contributed by atoms with van der Waals surface area (Å²) in [5, 5.41) is 0. The predicted molar refractivity (Wildman–Crippen MR) is 251 cm³/mol. The smallest absolute Gasteiger partial charge is 0.306 e. The summed E-state index contributed by atoms with van der Waals surface area (Å²) in [5.41, 5.74) is 0. The summed E-state index contributed by atoms with van der Waals surface area (Å²) in [5.74, 6) is -0.960. The Bertz CT molecular complexity index is 1090. The van der Waals surface area contributed by atoms with Crippen LogP contribution >= 0.6 is 0 Å². The van der Waals surface area contributed by atoms with Crippen LogP contribution in [0.5, 0.6) is 0 Å². The third-order valence-electron chi connectivity index (χ3n) is 10.5. The molecular formula is C53H92O6. The number of ether oxygens (including phenoxy) is 3. The highest BCUT2D eigenvalue weighted by molar-refractivity contribution is 5.71. The highest BCUT2D eigenvalue weighted by Gasteiger charge is 2.19. The van der Waals surface area contributed by atoms with E-state index in [-0.39, 0.29) is 37.5 Å². The third kappa shape index (κ3) is 46.0. The van der Waals surface area contributed by atoms with Crippen LogP contribution in [-0.2, 0) is 28.6 Å². The SMILES string of the molecule is CCCCC/C=C\C/C=C\C/C=C\C/C=C\CCCC(=O)OC[C@H](COC(=O)CCCCCCCCCCCCC)OC(=O)CCCCCCC/C=C\CCCCCC. The topological polar surface area (TPSA) is 78.9 Å². The van der Waals surface area contributed by atoms with Crippen LogP contribution in [0.1, 0.15) is 239 Å². The zero-order valence-electron chi connectivity index (χ0n) is 38.8. The normalized spacial score (nSPS) is 12.5. The van der Waals surface area contributed by atoms with Crippen molar-refractivity contribution in [2.24, 2.45) is 0 Å². The van der Waals surface area contributed by atoms with Gasteiger partial charge in [0.05, 0.1) is 0 Å². The lowest BCUT2D eigenvalue weighted by molar-refractivity contribution is -0.167. The van der Waals surface area contributed by atoms with Gasteiger partial charge in [-0.3, -0.25) is 14.4 Å². The van der Waals surface area contributed by atoms with Gasteiger partial charge >= 0.3 is 17.9 Å². The van der Waals surface area contributed by atoms with Gasteiger partial charge in [-0.25, -0.2) is 0 Å². The molecule has 0 aliphatic carbocycles. The van der Waals surface area contributed by atoms with Gasteiger partial charge in [0.15, 0.2) is 6.10 Å². The standard InChI is InChI=1S/C53H92O6/c1-4-7-10-13-16-19-22-24-25-26-27-29-31-34-37-40-43-46-52(55)58-49-50(48-57-51(54)45-42-39-36-33-30-21-18-15-12-9-6-3)59-53(56)47-44-41-38-35-32-28-23-20-17-14-11-8-5-2/h16,19-20,23-25,27,29,34,37,50H,4-15,17-18,21-22,26,28,30-33,35-36,38-49H2,1-3H3/b19-16-,23-20-,25-24-,29-27-,37-34-/t50-/m0/s1. The second-order valence-electron chi connectivity index (χ2n) is 16.4. The van der Waals surface area contributed by atoms with Crippen molar-refractivity contribution in [1.82, 2.24) is 0 Å². The molecule has 0 aliphatic rings. The van der Waals surface area contributed by atoms with E-state index in [4.69, 9.17) is 14.2 Å². The molecule has 0 radical (unpaired) electrons. The first-order valence-electron chi connectivity index (χ1n) is 24.8. The fourth-order valence-corrected chi connectivity index (χ4v) is 6.72. The average Bonchev–Trinajstić information content (AvgIpc) is 3.23. The van der Waals surface area contributed by atoms with E-state index in [1.54, 1.807) is 0 Å². The molecule has 340 valence electrons. The van der Waals surface area contributed by atoms with Crippen molar-refractivity contribution < 1.29 is 28.6 Å². The second-order valence-corrected chi connectivity index (χ2v) is 16.4. The van der Waals surface area contributed by atoms with Crippen LogP contribution in [-0.4, -0.2) is 37.2 Å². The molecular weight excluding hydrogens is 733 g/mol. The monoisotopic (exact) mass is 825 g/mol. The summed E-state index contributed by atoms with van der Waals surface area (Å²) < 4.78 is 16.7. The number of allylic oxidation sites excluding steroid dienone is 10. The van der Waals surface area contributed by atoms with Gasteiger partial charge in [-0.1, -0.05) is 197 Å². The van der Waals surface area contributed by atoms with Crippen LogP contribution in [0.2, 0.25) is 0 Å². The summed E-state index contributed by atoms with van der Waals surface area (Å²) in [6, 6.07) is 0. The van der Waals surface area contributed by atoms with Gasteiger partial charge in [-0.05, 0) is 83.5 Å². The van der Waals surface area contributed by atoms with E-state index in [9.17, 15) is 14.4 Å². The lowest BCUT2D eigenvalue weighted by atomic mass is 10.1. The second kappa shape index (κ2) is 47.8.